The summed E-state index contributed by atoms with van der Waals surface area (Å²) in [4.78, 5) is 4.07. The van der Waals surface area contributed by atoms with Crippen LogP contribution >= 0.6 is 0 Å². The standard InChI is InChI=1S/C9H15N3O2S/c1-10-7-8-5-4-6-11-9(8)12(2)15(3,13)14/h4-6,10H,7H2,1-3H3. The summed E-state index contributed by atoms with van der Waals surface area (Å²) in [6.45, 7) is 0.586. The van der Waals surface area contributed by atoms with Gasteiger partial charge < -0.3 is 5.32 Å². The quantitative estimate of drug-likeness (QED) is 0.801. The molecule has 0 unspecified atom stereocenters. The Morgan fingerprint density at radius 2 is 2.20 bits per heavy atom. The van der Waals surface area contributed by atoms with Crippen LogP contribution in [0.1, 0.15) is 5.56 Å². The van der Waals surface area contributed by atoms with E-state index in [9.17, 15) is 8.42 Å². The molecule has 0 aliphatic carbocycles. The van der Waals surface area contributed by atoms with E-state index in [2.05, 4.69) is 10.3 Å². The van der Waals surface area contributed by atoms with Crippen LogP contribution in [0, 0.1) is 0 Å². The Bertz CT molecular complexity index is 431. The SMILES string of the molecule is CNCc1cccnc1N(C)S(C)(=O)=O. The lowest BCUT2D eigenvalue weighted by Gasteiger charge is -2.18. The Balaban J connectivity index is 3.13. The maximum Gasteiger partial charge on any atom is 0.233 e. The minimum Gasteiger partial charge on any atom is -0.316 e. The van der Waals surface area contributed by atoms with Crippen LogP contribution in [0.25, 0.3) is 0 Å². The van der Waals surface area contributed by atoms with Gasteiger partial charge in [-0.2, -0.15) is 0 Å². The molecule has 1 N–H and O–H groups in total. The van der Waals surface area contributed by atoms with E-state index in [0.717, 1.165) is 11.8 Å². The zero-order chi connectivity index (χ0) is 11.5. The number of aromatic nitrogens is 1. The number of hydrogen-bond donors (Lipinski definition) is 1. The summed E-state index contributed by atoms with van der Waals surface area (Å²) in [5, 5.41) is 2.97. The van der Waals surface area contributed by atoms with Crippen molar-refractivity contribution in [3.05, 3.63) is 23.9 Å². The van der Waals surface area contributed by atoms with Crippen LogP contribution in [0.15, 0.2) is 18.3 Å². The zero-order valence-corrected chi connectivity index (χ0v) is 9.87. The van der Waals surface area contributed by atoms with E-state index in [-0.39, 0.29) is 0 Å². The highest BCUT2D eigenvalue weighted by molar-refractivity contribution is 7.92. The molecule has 0 amide bonds. The highest BCUT2D eigenvalue weighted by atomic mass is 32.2. The fourth-order valence-corrected chi connectivity index (χ4v) is 1.68. The van der Waals surface area contributed by atoms with E-state index < -0.39 is 10.0 Å². The predicted molar refractivity (Wildman–Crippen MR) is 60.2 cm³/mol. The molecule has 0 aliphatic heterocycles. The molecule has 0 spiro atoms. The topological polar surface area (TPSA) is 62.3 Å². The van der Waals surface area contributed by atoms with Gasteiger partial charge >= 0.3 is 0 Å². The molecule has 0 saturated heterocycles. The van der Waals surface area contributed by atoms with Gasteiger partial charge in [0.25, 0.3) is 0 Å². The Morgan fingerprint density at radius 3 is 2.73 bits per heavy atom. The largest absolute Gasteiger partial charge is 0.316 e. The van der Waals surface area contributed by atoms with Crippen molar-refractivity contribution >= 4 is 15.8 Å². The first-order chi connectivity index (χ1) is 6.96. The summed E-state index contributed by atoms with van der Waals surface area (Å²) in [5.41, 5.74) is 0.855. The smallest absolute Gasteiger partial charge is 0.233 e. The number of nitrogens with zero attached hydrogens (tertiary/aromatic N) is 2. The highest BCUT2D eigenvalue weighted by Gasteiger charge is 2.16. The van der Waals surface area contributed by atoms with E-state index in [4.69, 9.17) is 0 Å². The van der Waals surface area contributed by atoms with Crippen molar-refractivity contribution in [1.82, 2.24) is 10.3 Å². The Morgan fingerprint density at radius 1 is 1.53 bits per heavy atom. The summed E-state index contributed by atoms with van der Waals surface area (Å²) in [5.74, 6) is 0.467. The van der Waals surface area contributed by atoms with Crippen molar-refractivity contribution in [2.75, 3.05) is 24.7 Å². The second-order valence-corrected chi connectivity index (χ2v) is 5.26. The number of hydrogen-bond acceptors (Lipinski definition) is 4. The predicted octanol–water partition coefficient (Wildman–Crippen LogP) is 0.197. The van der Waals surface area contributed by atoms with Crippen LogP contribution < -0.4 is 9.62 Å². The van der Waals surface area contributed by atoms with Crippen molar-refractivity contribution < 1.29 is 8.42 Å². The molecule has 0 saturated carbocycles. The lowest BCUT2D eigenvalue weighted by atomic mass is 10.2. The van der Waals surface area contributed by atoms with E-state index >= 15 is 0 Å². The van der Waals surface area contributed by atoms with Crippen molar-refractivity contribution in [2.45, 2.75) is 6.54 Å². The van der Waals surface area contributed by atoms with Gasteiger partial charge in [-0.1, -0.05) is 6.07 Å². The fourth-order valence-electron chi connectivity index (χ4n) is 1.20. The molecule has 1 rings (SSSR count). The minimum absolute atomic E-state index is 0.467. The van der Waals surface area contributed by atoms with Gasteiger partial charge in [-0.25, -0.2) is 13.4 Å². The molecule has 1 aromatic rings. The number of sulfonamides is 1. The van der Waals surface area contributed by atoms with Crippen LogP contribution in [0.5, 0.6) is 0 Å². The van der Waals surface area contributed by atoms with Gasteiger partial charge in [-0.3, -0.25) is 4.31 Å². The van der Waals surface area contributed by atoms with Crippen molar-refractivity contribution in [3.8, 4) is 0 Å². The molecule has 1 heterocycles. The molecule has 6 heteroatoms. The van der Waals surface area contributed by atoms with Crippen LogP contribution in [-0.4, -0.2) is 33.8 Å². The van der Waals surface area contributed by atoms with Crippen molar-refractivity contribution in [1.29, 1.82) is 0 Å². The number of nitrogens with one attached hydrogen (secondary N) is 1. The van der Waals surface area contributed by atoms with E-state index in [1.54, 1.807) is 19.3 Å². The van der Waals surface area contributed by atoms with Crippen LogP contribution in [-0.2, 0) is 16.6 Å². The molecule has 0 aromatic carbocycles. The monoisotopic (exact) mass is 229 g/mol. The number of anilines is 1. The lowest BCUT2D eigenvalue weighted by Crippen LogP contribution is -2.27. The first-order valence-corrected chi connectivity index (χ1v) is 6.34. The maximum absolute atomic E-state index is 11.4. The average Bonchev–Trinajstić information content (AvgIpc) is 2.17. The maximum atomic E-state index is 11.4. The third kappa shape index (κ3) is 2.90. The molecule has 0 bridgehead atoms. The Labute approximate surface area is 90.2 Å². The molecule has 0 atom stereocenters. The van der Waals surface area contributed by atoms with Gasteiger partial charge in [-0.05, 0) is 13.1 Å². The molecule has 84 valence electrons. The number of pyridine rings is 1. The first-order valence-electron chi connectivity index (χ1n) is 4.49. The molecular weight excluding hydrogens is 214 g/mol. The van der Waals surface area contributed by atoms with Gasteiger partial charge in [0.05, 0.1) is 6.26 Å². The van der Waals surface area contributed by atoms with E-state index in [1.165, 1.54) is 11.4 Å². The second-order valence-electron chi connectivity index (χ2n) is 3.25. The van der Waals surface area contributed by atoms with Crippen LogP contribution in [0.2, 0.25) is 0 Å². The van der Waals surface area contributed by atoms with Gasteiger partial charge in [-0.15, -0.1) is 0 Å². The van der Waals surface area contributed by atoms with E-state index in [0.29, 0.717) is 12.4 Å². The van der Waals surface area contributed by atoms with Crippen LogP contribution in [0.3, 0.4) is 0 Å². The summed E-state index contributed by atoms with van der Waals surface area (Å²) in [6, 6.07) is 3.63. The summed E-state index contributed by atoms with van der Waals surface area (Å²) in [7, 11) is 0.0460. The molecular formula is C9H15N3O2S. The van der Waals surface area contributed by atoms with Crippen molar-refractivity contribution in [2.24, 2.45) is 0 Å². The van der Waals surface area contributed by atoms with Gasteiger partial charge in [0, 0.05) is 25.4 Å². The molecule has 15 heavy (non-hydrogen) atoms. The number of rotatable bonds is 4. The summed E-state index contributed by atoms with van der Waals surface area (Å²) in [6.07, 6.45) is 2.74. The van der Waals surface area contributed by atoms with Crippen molar-refractivity contribution in [3.63, 3.8) is 0 Å². The second kappa shape index (κ2) is 4.59. The molecule has 1 aromatic heterocycles. The molecule has 0 aliphatic rings. The Hall–Kier alpha value is -1.14. The van der Waals surface area contributed by atoms with Gasteiger partial charge in [0.15, 0.2) is 0 Å². The molecule has 0 radical (unpaired) electrons. The average molecular weight is 229 g/mol. The zero-order valence-electron chi connectivity index (χ0n) is 9.06. The summed E-state index contributed by atoms with van der Waals surface area (Å²) >= 11 is 0. The highest BCUT2D eigenvalue weighted by Crippen LogP contribution is 2.17. The van der Waals surface area contributed by atoms with Gasteiger partial charge in [0.2, 0.25) is 10.0 Å². The third-order valence-electron chi connectivity index (χ3n) is 2.03. The molecule has 0 fully saturated rings. The lowest BCUT2D eigenvalue weighted by molar-refractivity contribution is 0.599. The third-order valence-corrected chi connectivity index (χ3v) is 3.20. The normalized spacial score (nSPS) is 11.4. The van der Waals surface area contributed by atoms with E-state index in [1.807, 2.05) is 6.07 Å². The van der Waals surface area contributed by atoms with Crippen LogP contribution in [0.4, 0.5) is 5.82 Å². The first kappa shape index (κ1) is 11.9. The Kier molecular flexibility index (Phi) is 3.65. The minimum atomic E-state index is -3.25. The van der Waals surface area contributed by atoms with Gasteiger partial charge in [0.1, 0.15) is 5.82 Å². The molecule has 5 nitrogen and oxygen atoms in total. The summed E-state index contributed by atoms with van der Waals surface area (Å²) < 4.78 is 23.9. The fraction of sp³-hybridized carbons (Fsp3) is 0.444.